The van der Waals surface area contributed by atoms with E-state index < -0.39 is 5.60 Å². The lowest BCUT2D eigenvalue weighted by Gasteiger charge is -2.39. The number of hydrogen-bond donors (Lipinski definition) is 1. The van der Waals surface area contributed by atoms with Crippen LogP contribution in [-0.4, -0.2) is 41.7 Å². The predicted molar refractivity (Wildman–Crippen MR) is 155 cm³/mol. The monoisotopic (exact) mass is 511 g/mol. The van der Waals surface area contributed by atoms with Crippen LogP contribution in [0.25, 0.3) is 5.57 Å². The van der Waals surface area contributed by atoms with Crippen molar-refractivity contribution >= 4 is 11.5 Å². The van der Waals surface area contributed by atoms with Gasteiger partial charge in [-0.25, -0.2) is 0 Å². The van der Waals surface area contributed by atoms with Crippen molar-refractivity contribution in [3.8, 4) is 5.75 Å². The van der Waals surface area contributed by atoms with Gasteiger partial charge in [0.05, 0.1) is 12.7 Å². The molecule has 0 aliphatic carbocycles. The van der Waals surface area contributed by atoms with E-state index in [9.17, 15) is 9.90 Å². The molecule has 3 aromatic carbocycles. The summed E-state index contributed by atoms with van der Waals surface area (Å²) in [4.78, 5) is 15.8. The topological polar surface area (TPSA) is 49.8 Å². The number of piperidine rings is 1. The van der Waals surface area contributed by atoms with Crippen molar-refractivity contribution in [2.24, 2.45) is 0 Å². The highest BCUT2D eigenvalue weighted by Gasteiger charge is 2.35. The Kier molecular flexibility index (Phi) is 9.41. The molecule has 0 saturated carbocycles. The second-order valence-corrected chi connectivity index (χ2v) is 10.7. The molecule has 0 bridgehead atoms. The van der Waals surface area contributed by atoms with Crippen LogP contribution in [0.15, 0.2) is 84.4 Å². The number of amides is 1. The number of nitrogens with zero attached hydrogens (tertiary/aromatic N) is 1. The van der Waals surface area contributed by atoms with Crippen molar-refractivity contribution < 1.29 is 14.6 Å². The summed E-state index contributed by atoms with van der Waals surface area (Å²) in [6, 6.07) is 26.7. The molecule has 0 spiro atoms. The molecule has 4 heteroatoms. The van der Waals surface area contributed by atoms with Crippen LogP contribution in [0, 0.1) is 0 Å². The molecule has 1 N–H and O–H groups in total. The minimum Gasteiger partial charge on any atom is -0.496 e. The van der Waals surface area contributed by atoms with E-state index in [1.807, 2.05) is 55.1 Å². The van der Waals surface area contributed by atoms with E-state index in [1.54, 1.807) is 7.11 Å². The van der Waals surface area contributed by atoms with Gasteiger partial charge in [0.15, 0.2) is 0 Å². The highest BCUT2D eigenvalue weighted by molar-refractivity contribution is 6.20. The van der Waals surface area contributed by atoms with Gasteiger partial charge in [0, 0.05) is 25.1 Å². The van der Waals surface area contributed by atoms with Crippen molar-refractivity contribution in [1.29, 1.82) is 0 Å². The van der Waals surface area contributed by atoms with Gasteiger partial charge in [0.2, 0.25) is 0 Å². The fourth-order valence-corrected chi connectivity index (χ4v) is 5.56. The van der Waals surface area contributed by atoms with E-state index in [0.29, 0.717) is 32.4 Å². The maximum atomic E-state index is 13.8. The van der Waals surface area contributed by atoms with Crippen molar-refractivity contribution in [2.75, 3.05) is 20.2 Å². The van der Waals surface area contributed by atoms with E-state index in [0.717, 1.165) is 53.7 Å². The summed E-state index contributed by atoms with van der Waals surface area (Å²) < 4.78 is 5.50. The maximum Gasteiger partial charge on any atom is 0.254 e. The van der Waals surface area contributed by atoms with Gasteiger partial charge in [-0.1, -0.05) is 78.4 Å². The van der Waals surface area contributed by atoms with Gasteiger partial charge in [0.1, 0.15) is 5.75 Å². The van der Waals surface area contributed by atoms with E-state index >= 15 is 0 Å². The molecule has 200 valence electrons. The summed E-state index contributed by atoms with van der Waals surface area (Å²) in [5, 5.41) is 11.2. The third kappa shape index (κ3) is 6.93. The minimum absolute atomic E-state index is 0.0771. The molecule has 0 radical (unpaired) electrons. The molecule has 4 rings (SSSR count). The number of aliphatic hydroxyl groups is 1. The molecule has 0 atom stereocenters. The number of methoxy groups -OCH3 is 1. The molecule has 1 saturated heterocycles. The number of likely N-dealkylation sites (tertiary alicyclic amines) is 1. The third-order valence-electron chi connectivity index (χ3n) is 7.69. The zero-order valence-electron chi connectivity index (χ0n) is 23.1. The normalized spacial score (nSPS) is 14.7. The fraction of sp³-hybridized carbons (Fsp3) is 0.382. The van der Waals surface area contributed by atoms with Gasteiger partial charge in [-0.05, 0) is 80.7 Å². The average Bonchev–Trinajstić information content (AvgIpc) is 2.92. The smallest absolute Gasteiger partial charge is 0.254 e. The standard InChI is InChI=1S/C34H41NO3/c1-26(2)32(33(36)35-23-21-34(37,22-24-35)25-27-13-5-4-6-14-27)30-19-11-9-16-28(30)15-7-8-17-29-18-10-12-20-31(29)38-3/h4-6,9-14,16,18-20,37H,7-8,15,17,21-25H2,1-3H3. The van der Waals surface area contributed by atoms with Gasteiger partial charge in [-0.2, -0.15) is 0 Å². The Labute approximate surface area is 228 Å². The number of benzene rings is 3. The minimum atomic E-state index is -0.761. The molecular weight excluding hydrogens is 470 g/mol. The van der Waals surface area contributed by atoms with Crippen LogP contribution in [0.2, 0.25) is 0 Å². The zero-order valence-corrected chi connectivity index (χ0v) is 23.1. The Morgan fingerprint density at radius 1 is 0.842 bits per heavy atom. The lowest BCUT2D eigenvalue weighted by Crippen LogP contribution is -2.48. The number of aryl methyl sites for hydroxylation is 2. The van der Waals surface area contributed by atoms with E-state index in [1.165, 1.54) is 11.1 Å². The van der Waals surface area contributed by atoms with Gasteiger partial charge in [-0.3, -0.25) is 4.79 Å². The largest absolute Gasteiger partial charge is 0.496 e. The highest BCUT2D eigenvalue weighted by Crippen LogP contribution is 2.31. The number of para-hydroxylation sites is 1. The summed E-state index contributed by atoms with van der Waals surface area (Å²) >= 11 is 0. The van der Waals surface area contributed by atoms with Crippen LogP contribution < -0.4 is 4.74 Å². The number of hydrogen-bond acceptors (Lipinski definition) is 3. The molecule has 4 nitrogen and oxygen atoms in total. The van der Waals surface area contributed by atoms with Crippen molar-refractivity contribution in [3.63, 3.8) is 0 Å². The SMILES string of the molecule is COc1ccccc1CCCCc1ccccc1C(C(=O)N1CCC(O)(Cc2ccccc2)CC1)=C(C)C. The predicted octanol–water partition coefficient (Wildman–Crippen LogP) is 6.65. The number of rotatable bonds is 10. The Balaban J connectivity index is 1.40. The first-order valence-electron chi connectivity index (χ1n) is 13.8. The number of ether oxygens (including phenoxy) is 1. The van der Waals surface area contributed by atoms with Gasteiger partial charge in [0.25, 0.3) is 5.91 Å². The Morgan fingerprint density at radius 3 is 2.08 bits per heavy atom. The van der Waals surface area contributed by atoms with E-state index in [2.05, 4.69) is 42.5 Å². The Morgan fingerprint density at radius 2 is 1.42 bits per heavy atom. The summed E-state index contributed by atoms with van der Waals surface area (Å²) in [5.74, 6) is 1.02. The zero-order chi connectivity index (χ0) is 27.0. The summed E-state index contributed by atoms with van der Waals surface area (Å²) in [6.45, 7) is 5.20. The summed E-state index contributed by atoms with van der Waals surface area (Å²) in [7, 11) is 1.72. The first-order valence-corrected chi connectivity index (χ1v) is 13.8. The first-order chi connectivity index (χ1) is 18.4. The van der Waals surface area contributed by atoms with Gasteiger partial charge >= 0.3 is 0 Å². The number of carbonyl (C=O) groups excluding carboxylic acids is 1. The van der Waals surface area contributed by atoms with E-state index in [4.69, 9.17) is 4.74 Å². The maximum absolute atomic E-state index is 13.8. The molecule has 0 unspecified atom stereocenters. The quantitative estimate of drug-likeness (QED) is 0.245. The first kappa shape index (κ1) is 27.7. The van der Waals surface area contributed by atoms with Gasteiger partial charge in [-0.15, -0.1) is 0 Å². The van der Waals surface area contributed by atoms with E-state index in [-0.39, 0.29) is 5.91 Å². The van der Waals surface area contributed by atoms with Gasteiger partial charge < -0.3 is 14.7 Å². The Hall–Kier alpha value is -3.37. The van der Waals surface area contributed by atoms with Crippen molar-refractivity contribution in [3.05, 3.63) is 107 Å². The second kappa shape index (κ2) is 12.9. The van der Waals surface area contributed by atoms with Crippen LogP contribution >= 0.6 is 0 Å². The molecular formula is C34H41NO3. The van der Waals surface area contributed by atoms with Crippen LogP contribution in [-0.2, 0) is 24.1 Å². The van der Waals surface area contributed by atoms with Crippen LogP contribution in [0.4, 0.5) is 0 Å². The highest BCUT2D eigenvalue weighted by atomic mass is 16.5. The molecule has 0 aromatic heterocycles. The van der Waals surface area contributed by atoms with Crippen molar-refractivity contribution in [1.82, 2.24) is 4.90 Å². The number of carbonyl (C=O) groups is 1. The summed E-state index contributed by atoms with van der Waals surface area (Å²) in [6.07, 6.45) is 5.80. The fourth-order valence-electron chi connectivity index (χ4n) is 5.56. The molecule has 1 fully saturated rings. The number of unbranched alkanes of at least 4 members (excludes halogenated alkanes) is 1. The van der Waals surface area contributed by atoms with Crippen molar-refractivity contribution in [2.45, 2.75) is 64.4 Å². The molecule has 1 heterocycles. The van der Waals surface area contributed by atoms with Crippen LogP contribution in [0.3, 0.4) is 0 Å². The molecule has 3 aromatic rings. The molecule has 38 heavy (non-hydrogen) atoms. The van der Waals surface area contributed by atoms with Crippen LogP contribution in [0.1, 0.15) is 61.8 Å². The second-order valence-electron chi connectivity index (χ2n) is 10.7. The lowest BCUT2D eigenvalue weighted by molar-refractivity contribution is -0.129. The third-order valence-corrected chi connectivity index (χ3v) is 7.69. The van der Waals surface area contributed by atoms with Crippen LogP contribution in [0.5, 0.6) is 5.75 Å². The Bertz CT molecular complexity index is 1240. The lowest BCUT2D eigenvalue weighted by atomic mass is 9.84. The molecule has 1 amide bonds. The molecule has 1 aliphatic heterocycles. The summed E-state index contributed by atoms with van der Waals surface area (Å²) in [5.41, 5.74) is 5.71. The average molecular weight is 512 g/mol. The number of allylic oxidation sites excluding steroid dienone is 1. The molecule has 1 aliphatic rings.